The van der Waals surface area contributed by atoms with Crippen molar-refractivity contribution in [3.8, 4) is 6.07 Å². The van der Waals surface area contributed by atoms with Gasteiger partial charge in [-0.05, 0) is 56.2 Å². The molecule has 1 atom stereocenters. The molecule has 0 saturated heterocycles. The lowest BCUT2D eigenvalue weighted by atomic mass is 10.1. The van der Waals surface area contributed by atoms with Gasteiger partial charge in [-0.3, -0.25) is 14.4 Å². The van der Waals surface area contributed by atoms with Crippen LogP contribution in [0.2, 0.25) is 0 Å². The van der Waals surface area contributed by atoms with Crippen LogP contribution in [0.3, 0.4) is 0 Å². The van der Waals surface area contributed by atoms with Crippen molar-refractivity contribution in [1.82, 2.24) is 5.32 Å². The van der Waals surface area contributed by atoms with Crippen molar-refractivity contribution in [2.75, 3.05) is 18.1 Å². The van der Waals surface area contributed by atoms with Crippen molar-refractivity contribution >= 4 is 23.5 Å². The minimum absolute atomic E-state index is 0.0619. The molecule has 0 aliphatic carbocycles. The highest BCUT2D eigenvalue weighted by Gasteiger charge is 2.20. The van der Waals surface area contributed by atoms with E-state index in [9.17, 15) is 14.4 Å². The number of rotatable bonds is 9. The molecule has 0 aliphatic rings. The normalized spacial score (nSPS) is 11.2. The van der Waals surface area contributed by atoms with E-state index in [1.54, 1.807) is 31.2 Å². The summed E-state index contributed by atoms with van der Waals surface area (Å²) >= 11 is 0. The van der Waals surface area contributed by atoms with Gasteiger partial charge in [0.05, 0.1) is 18.9 Å². The Morgan fingerprint density at radius 1 is 1.10 bits per heavy atom. The van der Waals surface area contributed by atoms with Crippen LogP contribution in [0.4, 0.5) is 5.69 Å². The van der Waals surface area contributed by atoms with E-state index >= 15 is 0 Å². The zero-order valence-corrected chi connectivity index (χ0v) is 18.1. The number of aryl methyl sites for hydroxylation is 2. The quantitative estimate of drug-likeness (QED) is 0.626. The highest BCUT2D eigenvalue weighted by atomic mass is 16.5. The number of hydrogen-bond acceptors (Lipinski definition) is 5. The number of ether oxygens (including phenoxy) is 1. The van der Waals surface area contributed by atoms with Crippen LogP contribution in [0.15, 0.2) is 48.5 Å². The molecule has 0 aromatic heterocycles. The Balaban J connectivity index is 1.91. The van der Waals surface area contributed by atoms with Gasteiger partial charge in [-0.25, -0.2) is 0 Å². The van der Waals surface area contributed by atoms with Gasteiger partial charge < -0.3 is 15.0 Å². The minimum atomic E-state index is -0.588. The van der Waals surface area contributed by atoms with Crippen molar-refractivity contribution < 1.29 is 19.1 Å². The number of nitriles is 1. The van der Waals surface area contributed by atoms with E-state index in [0.717, 1.165) is 11.1 Å². The van der Waals surface area contributed by atoms with Gasteiger partial charge in [0.15, 0.2) is 6.61 Å². The molecule has 162 valence electrons. The topological polar surface area (TPSA) is 99.5 Å². The Morgan fingerprint density at radius 3 is 2.35 bits per heavy atom. The van der Waals surface area contributed by atoms with Crippen LogP contribution >= 0.6 is 0 Å². The van der Waals surface area contributed by atoms with Crippen LogP contribution in [0.1, 0.15) is 41.3 Å². The van der Waals surface area contributed by atoms with Crippen molar-refractivity contribution in [3.63, 3.8) is 0 Å². The smallest absolute Gasteiger partial charge is 0.308 e. The lowest BCUT2D eigenvalue weighted by molar-refractivity contribution is -0.148. The van der Waals surface area contributed by atoms with Crippen LogP contribution in [-0.4, -0.2) is 37.0 Å². The third-order valence-corrected chi connectivity index (χ3v) is 4.51. The summed E-state index contributed by atoms with van der Waals surface area (Å²) in [6.45, 7) is 5.32. The average Bonchev–Trinajstić information content (AvgIpc) is 2.72. The Labute approximate surface area is 182 Å². The molecular formula is C24H27N3O4. The van der Waals surface area contributed by atoms with E-state index < -0.39 is 24.5 Å². The molecule has 2 aromatic rings. The number of anilines is 1. The van der Waals surface area contributed by atoms with Crippen LogP contribution in [0.5, 0.6) is 0 Å². The first-order valence-corrected chi connectivity index (χ1v) is 10.1. The summed E-state index contributed by atoms with van der Waals surface area (Å²) in [6, 6.07) is 16.0. The van der Waals surface area contributed by atoms with Gasteiger partial charge in [0, 0.05) is 23.8 Å². The second kappa shape index (κ2) is 11.5. The maximum Gasteiger partial charge on any atom is 0.308 e. The molecular weight excluding hydrogens is 394 g/mol. The number of hydrogen-bond donors (Lipinski definition) is 1. The maximum absolute atomic E-state index is 12.7. The van der Waals surface area contributed by atoms with Gasteiger partial charge in [-0.2, -0.15) is 5.26 Å². The number of amides is 2. The SMILES string of the molecule is Cc1cc(C)cc(N(CCC#N)C(=O)COC(=O)CC(C)NC(=O)c2ccccc2)c1. The molecule has 0 spiro atoms. The molecule has 0 heterocycles. The molecule has 0 fully saturated rings. The van der Waals surface area contributed by atoms with Crippen molar-refractivity contribution in [2.45, 2.75) is 39.7 Å². The van der Waals surface area contributed by atoms with E-state index in [1.807, 2.05) is 44.2 Å². The Kier molecular flexibility index (Phi) is 8.77. The van der Waals surface area contributed by atoms with Crippen LogP contribution in [-0.2, 0) is 14.3 Å². The summed E-state index contributed by atoms with van der Waals surface area (Å²) in [4.78, 5) is 38.5. The number of carbonyl (C=O) groups excluding carboxylic acids is 3. The monoisotopic (exact) mass is 421 g/mol. The lowest BCUT2D eigenvalue weighted by Gasteiger charge is -2.23. The molecule has 0 aliphatic heterocycles. The van der Waals surface area contributed by atoms with E-state index in [4.69, 9.17) is 10.00 Å². The summed E-state index contributed by atoms with van der Waals surface area (Å²) < 4.78 is 5.14. The third kappa shape index (κ3) is 7.59. The summed E-state index contributed by atoms with van der Waals surface area (Å²) in [7, 11) is 0. The largest absolute Gasteiger partial charge is 0.455 e. The molecule has 2 rings (SSSR count). The van der Waals surface area contributed by atoms with E-state index in [1.165, 1.54) is 4.90 Å². The van der Waals surface area contributed by atoms with Gasteiger partial charge in [-0.1, -0.05) is 24.3 Å². The number of carbonyl (C=O) groups is 3. The van der Waals surface area contributed by atoms with E-state index in [0.29, 0.717) is 11.3 Å². The lowest BCUT2D eigenvalue weighted by Crippen LogP contribution is -2.37. The Morgan fingerprint density at radius 2 is 1.74 bits per heavy atom. The second-order valence-corrected chi connectivity index (χ2v) is 7.40. The van der Waals surface area contributed by atoms with Gasteiger partial charge in [0.2, 0.25) is 0 Å². The van der Waals surface area contributed by atoms with Crippen molar-refractivity contribution in [3.05, 3.63) is 65.2 Å². The highest BCUT2D eigenvalue weighted by molar-refractivity contribution is 5.96. The fourth-order valence-electron chi connectivity index (χ4n) is 3.14. The molecule has 0 bridgehead atoms. The first kappa shape index (κ1) is 23.6. The Bertz CT molecular complexity index is 946. The average molecular weight is 421 g/mol. The first-order chi connectivity index (χ1) is 14.8. The highest BCUT2D eigenvalue weighted by Crippen LogP contribution is 2.19. The minimum Gasteiger partial charge on any atom is -0.455 e. The zero-order chi connectivity index (χ0) is 22.8. The predicted octanol–water partition coefficient (Wildman–Crippen LogP) is 3.30. The van der Waals surface area contributed by atoms with Gasteiger partial charge in [-0.15, -0.1) is 0 Å². The van der Waals surface area contributed by atoms with E-state index in [-0.39, 0.29) is 25.3 Å². The predicted molar refractivity (Wildman–Crippen MR) is 117 cm³/mol. The standard InChI is InChI=1S/C24H27N3O4/c1-17-12-18(2)14-21(13-17)27(11-7-10-25)22(28)16-31-23(29)15-19(3)26-24(30)20-8-5-4-6-9-20/h4-6,8-9,12-14,19H,7,11,15-16H2,1-3H3,(H,26,30). The molecule has 0 radical (unpaired) electrons. The molecule has 1 N–H and O–H groups in total. The molecule has 31 heavy (non-hydrogen) atoms. The van der Waals surface area contributed by atoms with Gasteiger partial charge in [0.1, 0.15) is 0 Å². The first-order valence-electron chi connectivity index (χ1n) is 10.1. The van der Waals surface area contributed by atoms with E-state index in [2.05, 4.69) is 5.32 Å². The number of nitrogens with zero attached hydrogens (tertiary/aromatic N) is 2. The molecule has 1 unspecified atom stereocenters. The molecule has 7 nitrogen and oxygen atoms in total. The molecule has 0 saturated carbocycles. The second-order valence-electron chi connectivity index (χ2n) is 7.40. The van der Waals surface area contributed by atoms with Gasteiger partial charge in [0.25, 0.3) is 11.8 Å². The van der Waals surface area contributed by atoms with Crippen molar-refractivity contribution in [1.29, 1.82) is 5.26 Å². The van der Waals surface area contributed by atoms with Gasteiger partial charge >= 0.3 is 5.97 Å². The number of nitrogens with one attached hydrogen (secondary N) is 1. The molecule has 7 heteroatoms. The fraction of sp³-hybridized carbons (Fsp3) is 0.333. The summed E-state index contributed by atoms with van der Waals surface area (Å²) in [5, 5.41) is 11.6. The van der Waals surface area contributed by atoms with Crippen LogP contribution in [0.25, 0.3) is 0 Å². The number of benzene rings is 2. The molecule has 2 aromatic carbocycles. The molecule has 2 amide bonds. The summed E-state index contributed by atoms with van der Waals surface area (Å²) in [5.41, 5.74) is 3.14. The van der Waals surface area contributed by atoms with Crippen LogP contribution < -0.4 is 10.2 Å². The van der Waals surface area contributed by atoms with Crippen molar-refractivity contribution in [2.24, 2.45) is 0 Å². The zero-order valence-electron chi connectivity index (χ0n) is 18.1. The fourth-order valence-corrected chi connectivity index (χ4v) is 3.14. The summed E-state index contributed by atoms with van der Waals surface area (Å²) in [5.74, 6) is -1.28. The number of esters is 1. The Hall–Kier alpha value is -3.66. The third-order valence-electron chi connectivity index (χ3n) is 4.51. The van der Waals surface area contributed by atoms with Crippen LogP contribution in [0, 0.1) is 25.2 Å². The summed E-state index contributed by atoms with van der Waals surface area (Å²) in [6.07, 6.45) is 0.100. The maximum atomic E-state index is 12.7.